The molecule has 1 fully saturated rings. The minimum atomic E-state index is -2.59. The third-order valence-corrected chi connectivity index (χ3v) is 3.67. The number of ether oxygens (including phenoxy) is 1. The first-order valence-corrected chi connectivity index (χ1v) is 6.96. The van der Waals surface area contributed by atoms with Gasteiger partial charge in [-0.3, -0.25) is 14.3 Å². The molecular formula is C10H12F2N2O6P+. The molecular weight excluding hydrogens is 313 g/mol. The fourth-order valence-electron chi connectivity index (χ4n) is 1.67. The fraction of sp³-hybridized carbons (Fsp3) is 0.600. The lowest BCUT2D eigenvalue weighted by molar-refractivity contribution is -0.267. The van der Waals surface area contributed by atoms with E-state index in [1.54, 1.807) is 0 Å². The Hall–Kier alpha value is -1.48. The highest BCUT2D eigenvalue weighted by Crippen LogP contribution is 2.41. The fourth-order valence-corrected chi connectivity index (χ4v) is 2.43. The molecule has 1 saturated heterocycles. The quantitative estimate of drug-likeness (QED) is 0.821. The Bertz CT molecular complexity index is 649. The highest BCUT2D eigenvalue weighted by molar-refractivity contribution is 7.33. The van der Waals surface area contributed by atoms with E-state index in [0.29, 0.717) is 4.57 Å². The molecule has 11 heteroatoms. The van der Waals surface area contributed by atoms with Crippen molar-refractivity contribution in [2.45, 2.75) is 25.1 Å². The van der Waals surface area contributed by atoms with Crippen LogP contribution in [0.25, 0.3) is 0 Å². The molecule has 2 rings (SSSR count). The molecule has 0 radical (unpaired) electrons. The van der Waals surface area contributed by atoms with Gasteiger partial charge in [-0.05, 0) is 6.92 Å². The van der Waals surface area contributed by atoms with Crippen LogP contribution in [0.2, 0.25) is 0 Å². The number of alkyl halides is 2. The number of rotatable bonds is 4. The van der Waals surface area contributed by atoms with Gasteiger partial charge in [0, 0.05) is 16.8 Å². The van der Waals surface area contributed by atoms with Crippen LogP contribution in [0.15, 0.2) is 21.9 Å². The number of halogens is 2. The van der Waals surface area contributed by atoms with Gasteiger partial charge in [-0.2, -0.15) is 0 Å². The van der Waals surface area contributed by atoms with Gasteiger partial charge in [-0.1, -0.05) is 0 Å². The molecule has 0 saturated carbocycles. The predicted molar refractivity (Wildman–Crippen MR) is 65.4 cm³/mol. The minimum Gasteiger partial charge on any atom is -0.314 e. The zero-order chi connectivity index (χ0) is 15.6. The lowest BCUT2D eigenvalue weighted by Crippen LogP contribution is -2.49. The number of hydrogen-bond donors (Lipinski definition) is 1. The summed E-state index contributed by atoms with van der Waals surface area (Å²) < 4.78 is 53.3. The Balaban J connectivity index is 2.24. The number of H-pyrrole nitrogens is 1. The monoisotopic (exact) mass is 325 g/mol. The Morgan fingerprint density at radius 3 is 2.95 bits per heavy atom. The van der Waals surface area contributed by atoms with Gasteiger partial charge >= 0.3 is 13.9 Å². The van der Waals surface area contributed by atoms with Crippen LogP contribution in [0.5, 0.6) is 0 Å². The molecule has 1 aliphatic heterocycles. The Morgan fingerprint density at radius 2 is 2.38 bits per heavy atom. The van der Waals surface area contributed by atoms with Crippen molar-refractivity contribution in [2.24, 2.45) is 0 Å². The molecule has 0 spiro atoms. The van der Waals surface area contributed by atoms with E-state index in [4.69, 9.17) is 4.74 Å². The molecule has 2 heterocycles. The van der Waals surface area contributed by atoms with Crippen molar-refractivity contribution in [2.75, 3.05) is 13.3 Å². The van der Waals surface area contributed by atoms with Gasteiger partial charge in [0.05, 0.1) is 0 Å². The molecule has 0 aromatic carbocycles. The van der Waals surface area contributed by atoms with Gasteiger partial charge in [-0.25, -0.2) is 13.6 Å². The van der Waals surface area contributed by atoms with E-state index >= 15 is 0 Å². The van der Waals surface area contributed by atoms with Crippen molar-refractivity contribution in [3.8, 4) is 0 Å². The van der Waals surface area contributed by atoms with Crippen molar-refractivity contribution in [1.29, 1.82) is 0 Å². The second kappa shape index (κ2) is 6.10. The van der Waals surface area contributed by atoms with Gasteiger partial charge < -0.3 is 4.74 Å². The van der Waals surface area contributed by atoms with Crippen LogP contribution in [0, 0.1) is 0 Å². The van der Waals surface area contributed by atoms with Crippen molar-refractivity contribution < 1.29 is 27.1 Å². The number of nitrogens with one attached hydrogen (secondary N) is 1. The molecule has 1 N–H and O–H groups in total. The Kier molecular flexibility index (Phi) is 4.62. The summed E-state index contributed by atoms with van der Waals surface area (Å²) in [5, 5.41) is 0. The molecule has 8 nitrogen and oxygen atoms in total. The maximum absolute atomic E-state index is 14.5. The molecule has 1 aliphatic rings. The van der Waals surface area contributed by atoms with Crippen LogP contribution in [0.1, 0.15) is 13.2 Å². The summed E-state index contributed by atoms with van der Waals surface area (Å²) in [6.45, 7) is -0.741. The van der Waals surface area contributed by atoms with Crippen LogP contribution in [-0.4, -0.2) is 34.8 Å². The van der Waals surface area contributed by atoms with E-state index in [1.807, 2.05) is 4.98 Å². The molecule has 1 aromatic heterocycles. The summed E-state index contributed by atoms with van der Waals surface area (Å²) in [5.41, 5.74) is -1.64. The van der Waals surface area contributed by atoms with E-state index in [0.717, 1.165) is 12.3 Å². The standard InChI is InChI=1S/C10H11F2N2O6P/c1-6-10(12,5-18-21(17)20-6)19-8(4-11)14-3-2-7(15)13-9(14)16/h2-3,6,8H,4-5H2,1H3/p+1/t6-,8+,10+/m0/s1. The molecule has 0 amide bonds. The van der Waals surface area contributed by atoms with Crippen LogP contribution < -0.4 is 11.2 Å². The number of aromatic nitrogens is 2. The van der Waals surface area contributed by atoms with Gasteiger partial charge in [0.2, 0.25) is 0 Å². The Labute approximate surface area is 117 Å². The Morgan fingerprint density at radius 1 is 1.67 bits per heavy atom. The SMILES string of the molecule is C[C@@H]1O[P+](=O)OC[C@@]1(F)O[C@H](CF)n1ccc(=O)[nH]c1=O. The van der Waals surface area contributed by atoms with Gasteiger partial charge in [0.25, 0.3) is 11.4 Å². The molecule has 1 aromatic rings. The first kappa shape index (κ1) is 15.9. The van der Waals surface area contributed by atoms with Crippen LogP contribution in [-0.2, 0) is 18.3 Å². The topological polar surface area (TPSA) is 99.6 Å². The third kappa shape index (κ3) is 3.41. The number of hydrogen-bond acceptors (Lipinski definition) is 6. The van der Waals surface area contributed by atoms with Crippen LogP contribution in [0.3, 0.4) is 0 Å². The minimum absolute atomic E-state index is 0.682. The maximum atomic E-state index is 14.5. The lowest BCUT2D eigenvalue weighted by Gasteiger charge is -2.31. The summed E-state index contributed by atoms with van der Waals surface area (Å²) in [6.07, 6.45) is -1.95. The van der Waals surface area contributed by atoms with Crippen molar-refractivity contribution >= 4 is 8.25 Å². The highest BCUT2D eigenvalue weighted by atomic mass is 31.1. The van der Waals surface area contributed by atoms with E-state index < -0.39 is 51.0 Å². The number of nitrogens with zero attached hydrogens (tertiary/aromatic N) is 1. The van der Waals surface area contributed by atoms with E-state index in [2.05, 4.69) is 9.05 Å². The third-order valence-electron chi connectivity index (χ3n) is 2.84. The second-order valence-electron chi connectivity index (χ2n) is 4.28. The zero-order valence-corrected chi connectivity index (χ0v) is 11.7. The normalized spacial score (nSPS) is 29.3. The number of aromatic amines is 1. The van der Waals surface area contributed by atoms with Crippen molar-refractivity contribution in [3.63, 3.8) is 0 Å². The van der Waals surface area contributed by atoms with E-state index in [9.17, 15) is 22.9 Å². The average Bonchev–Trinajstić information content (AvgIpc) is 2.42. The first-order chi connectivity index (χ1) is 9.85. The summed E-state index contributed by atoms with van der Waals surface area (Å²) >= 11 is 0. The summed E-state index contributed by atoms with van der Waals surface area (Å²) in [7, 11) is -2.46. The molecule has 116 valence electrons. The molecule has 0 bridgehead atoms. The molecule has 4 atom stereocenters. The van der Waals surface area contributed by atoms with Crippen molar-refractivity contribution in [3.05, 3.63) is 33.1 Å². The summed E-state index contributed by atoms with van der Waals surface area (Å²) in [4.78, 5) is 24.4. The van der Waals surface area contributed by atoms with Crippen molar-refractivity contribution in [1.82, 2.24) is 9.55 Å². The van der Waals surface area contributed by atoms with Gasteiger partial charge in [0.15, 0.2) is 18.9 Å². The van der Waals surface area contributed by atoms with Crippen LogP contribution in [0.4, 0.5) is 8.78 Å². The smallest absolute Gasteiger partial charge is 0.314 e. The van der Waals surface area contributed by atoms with Gasteiger partial charge in [0.1, 0.15) is 6.67 Å². The largest absolute Gasteiger partial charge is 0.698 e. The van der Waals surface area contributed by atoms with Gasteiger partial charge in [-0.15, -0.1) is 9.05 Å². The lowest BCUT2D eigenvalue weighted by atomic mass is 10.2. The predicted octanol–water partition coefficient (Wildman–Crippen LogP) is 0.780. The van der Waals surface area contributed by atoms with E-state index in [1.165, 1.54) is 6.92 Å². The van der Waals surface area contributed by atoms with Crippen LogP contribution >= 0.6 is 8.25 Å². The summed E-state index contributed by atoms with van der Waals surface area (Å²) in [6, 6.07) is 0.965. The molecule has 21 heavy (non-hydrogen) atoms. The second-order valence-corrected chi connectivity index (χ2v) is 5.19. The zero-order valence-electron chi connectivity index (χ0n) is 10.8. The molecule has 0 aliphatic carbocycles. The molecule has 1 unspecified atom stereocenters. The first-order valence-electron chi connectivity index (χ1n) is 5.87. The maximum Gasteiger partial charge on any atom is 0.698 e. The highest BCUT2D eigenvalue weighted by Gasteiger charge is 2.53. The van der Waals surface area contributed by atoms with E-state index in [-0.39, 0.29) is 0 Å². The average molecular weight is 325 g/mol. The summed E-state index contributed by atoms with van der Waals surface area (Å²) in [5.74, 6) is -2.59.